The van der Waals surface area contributed by atoms with Crippen LogP contribution in [-0.4, -0.2) is 53.0 Å². The van der Waals surface area contributed by atoms with Crippen LogP contribution in [0.4, 0.5) is 5.69 Å². The van der Waals surface area contributed by atoms with Crippen LogP contribution in [0.2, 0.25) is 0 Å². The molecule has 2 rings (SSSR count). The minimum absolute atomic E-state index is 0. The molecule has 4 N–H and O–H groups in total. The molecule has 0 aliphatic carbocycles. The Kier molecular flexibility index (Phi) is 10.2. The van der Waals surface area contributed by atoms with Crippen LogP contribution in [0.3, 0.4) is 0 Å². The summed E-state index contributed by atoms with van der Waals surface area (Å²) in [6, 6.07) is 7.17. The summed E-state index contributed by atoms with van der Waals surface area (Å²) in [5.74, 6) is 0.779. The molecule has 0 amide bonds. The van der Waals surface area contributed by atoms with Crippen LogP contribution in [0.5, 0.6) is 5.75 Å². The van der Waals surface area contributed by atoms with Crippen molar-refractivity contribution in [1.29, 1.82) is 0 Å². The summed E-state index contributed by atoms with van der Waals surface area (Å²) in [5.41, 5.74) is 6.52. The highest BCUT2D eigenvalue weighted by Crippen LogP contribution is 2.14. The average Bonchev–Trinajstić information content (AvgIpc) is 2.61. The Morgan fingerprint density at radius 2 is 2.08 bits per heavy atom. The van der Waals surface area contributed by atoms with Gasteiger partial charge in [-0.25, -0.2) is 13.1 Å². The second-order valence-corrected chi connectivity index (χ2v) is 7.70. The zero-order valence-corrected chi connectivity index (χ0v) is 18.0. The van der Waals surface area contributed by atoms with E-state index in [4.69, 9.17) is 15.2 Å². The van der Waals surface area contributed by atoms with Crippen molar-refractivity contribution in [2.24, 2.45) is 10.7 Å². The third-order valence-corrected chi connectivity index (χ3v) is 5.14. The number of nitrogens with two attached hydrogens (primary N) is 1. The van der Waals surface area contributed by atoms with Crippen molar-refractivity contribution in [3.05, 3.63) is 24.3 Å². The maximum atomic E-state index is 12.0. The minimum Gasteiger partial charge on any atom is -0.497 e. The molecule has 1 aromatic carbocycles. The third kappa shape index (κ3) is 8.52. The van der Waals surface area contributed by atoms with Gasteiger partial charge >= 0.3 is 0 Å². The summed E-state index contributed by atoms with van der Waals surface area (Å²) < 4.78 is 37.1. The predicted molar refractivity (Wildman–Crippen MR) is 114 cm³/mol. The largest absolute Gasteiger partial charge is 0.497 e. The van der Waals surface area contributed by atoms with Crippen molar-refractivity contribution in [3.8, 4) is 5.75 Å². The molecule has 1 aliphatic heterocycles. The zero-order valence-electron chi connectivity index (χ0n) is 14.8. The number of guanidine groups is 1. The summed E-state index contributed by atoms with van der Waals surface area (Å²) >= 11 is 0. The molecule has 1 saturated heterocycles. The van der Waals surface area contributed by atoms with Gasteiger partial charge in [-0.2, -0.15) is 0 Å². The molecule has 0 radical (unpaired) electrons. The van der Waals surface area contributed by atoms with Gasteiger partial charge in [-0.15, -0.1) is 24.0 Å². The molecule has 1 aliphatic rings. The van der Waals surface area contributed by atoms with E-state index in [0.29, 0.717) is 13.2 Å². The van der Waals surface area contributed by atoms with Gasteiger partial charge in [0.1, 0.15) is 5.75 Å². The van der Waals surface area contributed by atoms with E-state index >= 15 is 0 Å². The Bertz CT molecular complexity index is 661. The lowest BCUT2D eigenvalue weighted by Crippen LogP contribution is -2.37. The first-order chi connectivity index (χ1) is 12.0. The molecule has 10 heteroatoms. The molecule has 1 heterocycles. The van der Waals surface area contributed by atoms with E-state index in [0.717, 1.165) is 30.7 Å². The van der Waals surface area contributed by atoms with Crippen molar-refractivity contribution in [2.75, 3.05) is 37.9 Å². The van der Waals surface area contributed by atoms with Gasteiger partial charge in [0.2, 0.25) is 10.0 Å². The highest BCUT2D eigenvalue weighted by atomic mass is 127. The van der Waals surface area contributed by atoms with Crippen molar-refractivity contribution in [1.82, 2.24) is 4.72 Å². The highest BCUT2D eigenvalue weighted by Gasteiger charge is 2.17. The summed E-state index contributed by atoms with van der Waals surface area (Å²) in [6.45, 7) is 1.09. The molecule has 1 atom stereocenters. The molecule has 1 fully saturated rings. The number of hydrogen-bond donors (Lipinski definition) is 3. The van der Waals surface area contributed by atoms with Gasteiger partial charge in [-0.3, -0.25) is 4.99 Å². The van der Waals surface area contributed by atoms with E-state index in [2.05, 4.69) is 15.0 Å². The Morgan fingerprint density at radius 1 is 1.35 bits per heavy atom. The smallest absolute Gasteiger partial charge is 0.213 e. The van der Waals surface area contributed by atoms with Gasteiger partial charge in [0, 0.05) is 18.8 Å². The molecule has 0 aromatic heterocycles. The quantitative estimate of drug-likeness (QED) is 0.285. The number of ether oxygens (including phenoxy) is 2. The van der Waals surface area contributed by atoms with E-state index < -0.39 is 10.0 Å². The van der Waals surface area contributed by atoms with E-state index in [1.54, 1.807) is 31.4 Å². The van der Waals surface area contributed by atoms with E-state index in [-0.39, 0.29) is 48.3 Å². The standard InChI is InChI=1S/C16H26N4O4S.HI/c1-23-14-7-5-13(6-8-14)20-16(17)18-9-11-25(21,22)19-12-15-4-2-3-10-24-15;/h5-8,15,19H,2-4,9-12H2,1H3,(H3,17,18,20);1H. The van der Waals surface area contributed by atoms with Crippen LogP contribution in [0.1, 0.15) is 19.3 Å². The Balaban J connectivity index is 0.00000338. The summed E-state index contributed by atoms with van der Waals surface area (Å²) in [7, 11) is -1.81. The Labute approximate surface area is 172 Å². The number of nitrogens with one attached hydrogen (secondary N) is 2. The number of benzene rings is 1. The zero-order chi connectivity index (χ0) is 18.1. The second kappa shape index (κ2) is 11.6. The topological polar surface area (TPSA) is 115 Å². The molecule has 0 saturated carbocycles. The monoisotopic (exact) mass is 498 g/mol. The molecular formula is C16H27IN4O4S. The molecule has 0 spiro atoms. The maximum Gasteiger partial charge on any atom is 0.213 e. The van der Waals surface area contributed by atoms with Crippen molar-refractivity contribution in [2.45, 2.75) is 25.4 Å². The SMILES string of the molecule is COc1ccc(NC(N)=NCCS(=O)(=O)NCC2CCCCO2)cc1.I. The van der Waals surface area contributed by atoms with Gasteiger partial charge in [0.05, 0.1) is 25.5 Å². The van der Waals surface area contributed by atoms with Gasteiger partial charge in [0.25, 0.3) is 0 Å². The predicted octanol–water partition coefficient (Wildman–Crippen LogP) is 1.53. The van der Waals surface area contributed by atoms with Crippen LogP contribution >= 0.6 is 24.0 Å². The lowest BCUT2D eigenvalue weighted by molar-refractivity contribution is 0.0200. The first-order valence-electron chi connectivity index (χ1n) is 8.28. The summed E-state index contributed by atoms with van der Waals surface area (Å²) in [5, 5.41) is 2.90. The van der Waals surface area contributed by atoms with E-state index in [1.807, 2.05) is 0 Å². The van der Waals surface area contributed by atoms with Gasteiger partial charge < -0.3 is 20.5 Å². The lowest BCUT2D eigenvalue weighted by atomic mass is 10.1. The fourth-order valence-corrected chi connectivity index (χ4v) is 3.32. The molecule has 148 valence electrons. The summed E-state index contributed by atoms with van der Waals surface area (Å²) in [4.78, 5) is 4.04. The fourth-order valence-electron chi connectivity index (χ4n) is 2.41. The molecule has 1 aromatic rings. The number of nitrogens with zero attached hydrogens (tertiary/aromatic N) is 1. The Hall–Kier alpha value is -1.11. The average molecular weight is 498 g/mol. The van der Waals surface area contributed by atoms with Crippen LogP contribution in [0, 0.1) is 0 Å². The Morgan fingerprint density at radius 3 is 2.69 bits per heavy atom. The number of sulfonamides is 1. The third-order valence-electron chi connectivity index (χ3n) is 3.81. The fraction of sp³-hybridized carbons (Fsp3) is 0.562. The number of aliphatic imine (C=N–C) groups is 1. The molecule has 8 nitrogen and oxygen atoms in total. The number of rotatable bonds is 8. The van der Waals surface area contributed by atoms with Crippen molar-refractivity contribution < 1.29 is 17.9 Å². The number of halogens is 1. The molecule has 0 bridgehead atoms. The summed E-state index contributed by atoms with van der Waals surface area (Å²) in [6.07, 6.45) is 2.97. The first kappa shape index (κ1) is 22.9. The van der Waals surface area contributed by atoms with Gasteiger partial charge in [-0.1, -0.05) is 0 Å². The minimum atomic E-state index is -3.40. The number of hydrogen-bond acceptors (Lipinski definition) is 5. The van der Waals surface area contributed by atoms with E-state index in [9.17, 15) is 8.42 Å². The molecule has 1 unspecified atom stereocenters. The van der Waals surface area contributed by atoms with Crippen LogP contribution in [0.25, 0.3) is 0 Å². The van der Waals surface area contributed by atoms with Crippen LogP contribution in [-0.2, 0) is 14.8 Å². The molecule has 26 heavy (non-hydrogen) atoms. The highest BCUT2D eigenvalue weighted by molar-refractivity contribution is 14.0. The number of methoxy groups -OCH3 is 1. The molecular weight excluding hydrogens is 471 g/mol. The lowest BCUT2D eigenvalue weighted by Gasteiger charge is -2.22. The van der Waals surface area contributed by atoms with Crippen molar-refractivity contribution in [3.63, 3.8) is 0 Å². The van der Waals surface area contributed by atoms with Gasteiger partial charge in [0.15, 0.2) is 5.96 Å². The van der Waals surface area contributed by atoms with Gasteiger partial charge in [-0.05, 0) is 43.5 Å². The van der Waals surface area contributed by atoms with Crippen LogP contribution in [0.15, 0.2) is 29.3 Å². The van der Waals surface area contributed by atoms with Crippen LogP contribution < -0.4 is 20.5 Å². The van der Waals surface area contributed by atoms with Crippen molar-refractivity contribution >= 4 is 45.6 Å². The first-order valence-corrected chi connectivity index (χ1v) is 9.94. The number of anilines is 1. The maximum absolute atomic E-state index is 12.0. The second-order valence-electron chi connectivity index (χ2n) is 5.78. The normalized spacial score (nSPS) is 18.0. The van der Waals surface area contributed by atoms with E-state index in [1.165, 1.54) is 0 Å².